The molecule has 0 saturated carbocycles. The standard InChI is InChI=1S/C20H39FN2O/c1-7-10-12-16(9-3)20(18(24)22-19(4,5)6)13-14-23(21)17(15-20)11-8-2/h16-17H,7-15H2,1-6H3,(H,22,24). The minimum Gasteiger partial charge on any atom is -0.351 e. The van der Waals surface area contributed by atoms with Crippen molar-refractivity contribution in [2.75, 3.05) is 6.54 Å². The SMILES string of the molecule is CCCCC(CC)C1(C(=O)NC(C)(C)C)CCN(F)C(CCC)C1. The van der Waals surface area contributed by atoms with Crippen LogP contribution in [0.25, 0.3) is 0 Å². The summed E-state index contributed by atoms with van der Waals surface area (Å²) in [4.78, 5) is 13.3. The molecule has 1 saturated heterocycles. The van der Waals surface area contributed by atoms with E-state index in [0.29, 0.717) is 25.3 Å². The monoisotopic (exact) mass is 342 g/mol. The molecule has 1 N–H and O–H groups in total. The molecule has 0 radical (unpaired) electrons. The van der Waals surface area contributed by atoms with E-state index < -0.39 is 5.41 Å². The summed E-state index contributed by atoms with van der Waals surface area (Å²) in [6, 6.07) is -0.120. The highest BCUT2D eigenvalue weighted by Crippen LogP contribution is 2.46. The van der Waals surface area contributed by atoms with Gasteiger partial charge in [-0.1, -0.05) is 46.5 Å². The molecule has 1 fully saturated rings. The normalized spacial score (nSPS) is 27.0. The zero-order valence-electron chi connectivity index (χ0n) is 16.8. The first-order valence-corrected chi connectivity index (χ1v) is 9.95. The maximum absolute atomic E-state index is 14.3. The number of piperidine rings is 1. The molecular weight excluding hydrogens is 303 g/mol. The first-order chi connectivity index (χ1) is 11.2. The summed E-state index contributed by atoms with van der Waals surface area (Å²) in [6.45, 7) is 12.9. The van der Waals surface area contributed by atoms with E-state index in [1.807, 2.05) is 20.8 Å². The van der Waals surface area contributed by atoms with Crippen molar-refractivity contribution in [3.05, 3.63) is 0 Å². The first-order valence-electron chi connectivity index (χ1n) is 9.95. The number of halogens is 1. The maximum Gasteiger partial charge on any atom is 0.227 e. The molecule has 1 aliphatic heterocycles. The van der Waals surface area contributed by atoms with Gasteiger partial charge in [0.05, 0.1) is 5.41 Å². The summed E-state index contributed by atoms with van der Waals surface area (Å²) >= 11 is 0. The molecule has 1 heterocycles. The van der Waals surface area contributed by atoms with Crippen LogP contribution in [-0.4, -0.2) is 29.2 Å². The van der Waals surface area contributed by atoms with Crippen molar-refractivity contribution < 1.29 is 9.28 Å². The topological polar surface area (TPSA) is 32.3 Å². The summed E-state index contributed by atoms with van der Waals surface area (Å²) in [6.07, 6.45) is 7.40. The minimum atomic E-state index is -0.417. The number of rotatable bonds is 8. The Labute approximate surface area is 148 Å². The zero-order chi connectivity index (χ0) is 18.4. The van der Waals surface area contributed by atoms with Gasteiger partial charge in [-0.25, -0.2) is 0 Å². The molecular formula is C20H39FN2O. The van der Waals surface area contributed by atoms with Gasteiger partial charge in [0.15, 0.2) is 0 Å². The Hall–Kier alpha value is -0.640. The van der Waals surface area contributed by atoms with Gasteiger partial charge in [-0.3, -0.25) is 4.79 Å². The van der Waals surface area contributed by atoms with Gasteiger partial charge in [0.1, 0.15) is 0 Å². The lowest BCUT2D eigenvalue weighted by atomic mass is 9.63. The summed E-state index contributed by atoms with van der Waals surface area (Å²) in [5, 5.41) is 4.20. The average Bonchev–Trinajstić information content (AvgIpc) is 2.49. The largest absolute Gasteiger partial charge is 0.351 e. The van der Waals surface area contributed by atoms with Gasteiger partial charge in [-0.05, 0) is 52.4 Å². The second-order valence-electron chi connectivity index (χ2n) is 8.63. The van der Waals surface area contributed by atoms with Gasteiger partial charge in [0, 0.05) is 18.1 Å². The quantitative estimate of drug-likeness (QED) is 0.611. The van der Waals surface area contributed by atoms with Crippen molar-refractivity contribution in [2.24, 2.45) is 11.3 Å². The highest BCUT2D eigenvalue weighted by atomic mass is 19.2. The number of amides is 1. The Morgan fingerprint density at radius 2 is 1.96 bits per heavy atom. The molecule has 142 valence electrons. The molecule has 1 rings (SSSR count). The fourth-order valence-corrected chi connectivity index (χ4v) is 4.23. The van der Waals surface area contributed by atoms with E-state index in [1.54, 1.807) is 0 Å². The van der Waals surface area contributed by atoms with Crippen molar-refractivity contribution in [1.82, 2.24) is 10.4 Å². The maximum atomic E-state index is 14.3. The minimum absolute atomic E-state index is 0.120. The van der Waals surface area contributed by atoms with Crippen LogP contribution in [0.1, 0.15) is 92.9 Å². The number of hydrogen-bond donors (Lipinski definition) is 1. The lowest BCUT2D eigenvalue weighted by Gasteiger charge is -2.47. The molecule has 1 amide bonds. The lowest BCUT2D eigenvalue weighted by Crippen LogP contribution is -2.57. The molecule has 4 heteroatoms. The number of nitrogens with one attached hydrogen (secondary N) is 1. The van der Waals surface area contributed by atoms with Gasteiger partial charge in [0.25, 0.3) is 0 Å². The van der Waals surface area contributed by atoms with Crippen LogP contribution < -0.4 is 5.32 Å². The predicted molar refractivity (Wildman–Crippen MR) is 99.4 cm³/mol. The Bertz CT molecular complexity index is 394. The van der Waals surface area contributed by atoms with Crippen LogP contribution in [0.15, 0.2) is 0 Å². The van der Waals surface area contributed by atoms with Gasteiger partial charge in [0.2, 0.25) is 5.91 Å². The third-order valence-electron chi connectivity index (χ3n) is 5.51. The van der Waals surface area contributed by atoms with Crippen LogP contribution in [-0.2, 0) is 4.79 Å². The molecule has 3 atom stereocenters. The van der Waals surface area contributed by atoms with Gasteiger partial charge < -0.3 is 5.32 Å². The first kappa shape index (κ1) is 21.4. The summed E-state index contributed by atoms with van der Waals surface area (Å²) in [5.41, 5.74) is -0.667. The number of carbonyl (C=O) groups excluding carboxylic acids is 1. The number of hydrogen-bond acceptors (Lipinski definition) is 2. The van der Waals surface area contributed by atoms with Gasteiger partial charge >= 0.3 is 0 Å². The summed E-state index contributed by atoms with van der Waals surface area (Å²) in [5.74, 6) is 0.486. The van der Waals surface area contributed by atoms with Crippen molar-refractivity contribution in [2.45, 2.75) is 104 Å². The van der Waals surface area contributed by atoms with E-state index in [9.17, 15) is 9.28 Å². The zero-order valence-corrected chi connectivity index (χ0v) is 16.8. The molecule has 0 spiro atoms. The highest BCUT2D eigenvalue weighted by Gasteiger charge is 2.50. The molecule has 0 aromatic carbocycles. The molecule has 24 heavy (non-hydrogen) atoms. The third-order valence-corrected chi connectivity index (χ3v) is 5.51. The van der Waals surface area contributed by atoms with E-state index in [2.05, 4.69) is 26.1 Å². The Morgan fingerprint density at radius 3 is 2.46 bits per heavy atom. The van der Waals surface area contributed by atoms with E-state index in [1.165, 1.54) is 0 Å². The Kier molecular flexibility index (Phi) is 8.17. The fourth-order valence-electron chi connectivity index (χ4n) is 4.23. The van der Waals surface area contributed by atoms with Crippen LogP contribution in [0.5, 0.6) is 0 Å². The highest BCUT2D eigenvalue weighted by molar-refractivity contribution is 5.83. The smallest absolute Gasteiger partial charge is 0.227 e. The van der Waals surface area contributed by atoms with Crippen molar-refractivity contribution in [3.8, 4) is 0 Å². The molecule has 1 aliphatic rings. The van der Waals surface area contributed by atoms with E-state index in [-0.39, 0.29) is 17.5 Å². The van der Waals surface area contributed by atoms with Gasteiger partial charge in [-0.2, -0.15) is 0 Å². The van der Waals surface area contributed by atoms with Crippen LogP contribution in [0, 0.1) is 11.3 Å². The van der Waals surface area contributed by atoms with E-state index in [0.717, 1.165) is 43.6 Å². The predicted octanol–water partition coefficient (Wildman–Crippen LogP) is 5.25. The number of nitrogens with zero attached hydrogens (tertiary/aromatic N) is 1. The van der Waals surface area contributed by atoms with Crippen LogP contribution in [0.2, 0.25) is 0 Å². The molecule has 3 unspecified atom stereocenters. The third kappa shape index (κ3) is 5.44. The van der Waals surface area contributed by atoms with E-state index >= 15 is 0 Å². The second-order valence-corrected chi connectivity index (χ2v) is 8.63. The van der Waals surface area contributed by atoms with Crippen molar-refractivity contribution in [1.29, 1.82) is 0 Å². The molecule has 0 bridgehead atoms. The van der Waals surface area contributed by atoms with Crippen LogP contribution in [0.3, 0.4) is 0 Å². The lowest BCUT2D eigenvalue weighted by molar-refractivity contribution is -0.152. The molecule has 0 aromatic rings. The fraction of sp³-hybridized carbons (Fsp3) is 0.950. The summed E-state index contributed by atoms with van der Waals surface area (Å²) in [7, 11) is 0. The molecule has 3 nitrogen and oxygen atoms in total. The Balaban J connectivity index is 3.12. The number of unbranched alkanes of at least 4 members (excludes halogenated alkanes) is 1. The van der Waals surface area contributed by atoms with Gasteiger partial charge in [-0.15, -0.1) is 9.60 Å². The second kappa shape index (κ2) is 9.17. The van der Waals surface area contributed by atoms with Crippen LogP contribution >= 0.6 is 0 Å². The molecule has 0 aromatic heterocycles. The van der Waals surface area contributed by atoms with Crippen molar-refractivity contribution in [3.63, 3.8) is 0 Å². The van der Waals surface area contributed by atoms with E-state index in [4.69, 9.17) is 0 Å². The number of carbonyl (C=O) groups is 1. The average molecular weight is 343 g/mol. The van der Waals surface area contributed by atoms with Crippen molar-refractivity contribution >= 4 is 5.91 Å². The summed E-state index contributed by atoms with van der Waals surface area (Å²) < 4.78 is 14.3. The van der Waals surface area contributed by atoms with Crippen LogP contribution in [0.4, 0.5) is 4.48 Å². The molecule has 0 aliphatic carbocycles. The Morgan fingerprint density at radius 1 is 1.29 bits per heavy atom.